The molecular weight excluding hydrogens is 288 g/mol. The van der Waals surface area contributed by atoms with Gasteiger partial charge in [-0.05, 0) is 38.0 Å². The van der Waals surface area contributed by atoms with Gasteiger partial charge in [-0.3, -0.25) is 9.59 Å². The van der Waals surface area contributed by atoms with Crippen LogP contribution < -0.4 is 16.6 Å². The molecule has 3 rings (SSSR count). The van der Waals surface area contributed by atoms with Crippen LogP contribution >= 0.6 is 11.3 Å². The first-order chi connectivity index (χ1) is 10.0. The van der Waals surface area contributed by atoms with E-state index in [4.69, 9.17) is 5.73 Å². The number of anilines is 1. The highest BCUT2D eigenvalue weighted by molar-refractivity contribution is 7.15. The molecule has 6 nitrogen and oxygen atoms in total. The average Bonchev–Trinajstić information content (AvgIpc) is 3.13. The standard InChI is InChI=1S/C14H16N4O2S/c1-8-2-5-12(21-8)11-6-10(15)14(20)18(17-11)7-13(19)16-9-3-4-9/h2,5-6,9H,3-4,7,15H2,1H3,(H,16,19). The molecule has 1 aliphatic rings. The summed E-state index contributed by atoms with van der Waals surface area (Å²) >= 11 is 1.57. The molecule has 110 valence electrons. The van der Waals surface area contributed by atoms with E-state index in [1.807, 2.05) is 19.1 Å². The number of thiophene rings is 1. The fraction of sp³-hybridized carbons (Fsp3) is 0.357. The third-order valence-corrected chi connectivity index (χ3v) is 4.25. The number of nitrogens with zero attached hydrogens (tertiary/aromatic N) is 2. The van der Waals surface area contributed by atoms with E-state index >= 15 is 0 Å². The van der Waals surface area contributed by atoms with Crippen molar-refractivity contribution in [3.63, 3.8) is 0 Å². The molecule has 3 N–H and O–H groups in total. The number of aromatic nitrogens is 2. The van der Waals surface area contributed by atoms with Crippen molar-refractivity contribution >= 4 is 22.9 Å². The Labute approximate surface area is 125 Å². The number of aryl methyl sites for hydroxylation is 1. The fourth-order valence-corrected chi connectivity index (χ4v) is 2.82. The second-order valence-electron chi connectivity index (χ2n) is 5.20. The van der Waals surface area contributed by atoms with Crippen molar-refractivity contribution in [1.82, 2.24) is 15.1 Å². The first-order valence-electron chi connectivity index (χ1n) is 6.77. The van der Waals surface area contributed by atoms with Crippen molar-refractivity contribution in [2.75, 3.05) is 5.73 Å². The van der Waals surface area contributed by atoms with E-state index in [2.05, 4.69) is 10.4 Å². The van der Waals surface area contributed by atoms with E-state index in [1.54, 1.807) is 17.4 Å². The summed E-state index contributed by atoms with van der Waals surface area (Å²) in [4.78, 5) is 25.9. The molecule has 0 unspecified atom stereocenters. The van der Waals surface area contributed by atoms with Gasteiger partial charge < -0.3 is 11.1 Å². The van der Waals surface area contributed by atoms with Crippen molar-refractivity contribution in [1.29, 1.82) is 0 Å². The van der Waals surface area contributed by atoms with Crippen LogP contribution in [-0.2, 0) is 11.3 Å². The first-order valence-corrected chi connectivity index (χ1v) is 7.58. The van der Waals surface area contributed by atoms with Crippen LogP contribution in [0.1, 0.15) is 17.7 Å². The van der Waals surface area contributed by atoms with Crippen molar-refractivity contribution in [2.24, 2.45) is 0 Å². The van der Waals surface area contributed by atoms with E-state index < -0.39 is 5.56 Å². The minimum absolute atomic E-state index is 0.0995. The van der Waals surface area contributed by atoms with Gasteiger partial charge in [-0.1, -0.05) is 0 Å². The van der Waals surface area contributed by atoms with Crippen LogP contribution in [0, 0.1) is 6.92 Å². The van der Waals surface area contributed by atoms with Crippen molar-refractivity contribution in [2.45, 2.75) is 32.4 Å². The molecule has 0 radical (unpaired) electrons. The average molecular weight is 304 g/mol. The van der Waals surface area contributed by atoms with E-state index in [1.165, 1.54) is 0 Å². The first kappa shape index (κ1) is 13.8. The molecule has 0 aliphatic heterocycles. The van der Waals surface area contributed by atoms with Crippen LogP contribution in [0.2, 0.25) is 0 Å². The second-order valence-corrected chi connectivity index (χ2v) is 6.49. The third kappa shape index (κ3) is 3.13. The normalized spacial score (nSPS) is 14.1. The lowest BCUT2D eigenvalue weighted by molar-refractivity contribution is -0.122. The number of hydrogen-bond acceptors (Lipinski definition) is 5. The Morgan fingerprint density at radius 2 is 2.29 bits per heavy atom. The smallest absolute Gasteiger partial charge is 0.290 e. The van der Waals surface area contributed by atoms with E-state index in [-0.39, 0.29) is 24.2 Å². The summed E-state index contributed by atoms with van der Waals surface area (Å²) in [5.74, 6) is -0.203. The zero-order valence-corrected chi connectivity index (χ0v) is 12.4. The SMILES string of the molecule is Cc1ccc(-c2cc(N)c(=O)n(CC(=O)NC3CC3)n2)s1. The van der Waals surface area contributed by atoms with Gasteiger partial charge in [-0.15, -0.1) is 11.3 Å². The summed E-state index contributed by atoms with van der Waals surface area (Å²) in [6.45, 7) is 1.90. The minimum Gasteiger partial charge on any atom is -0.394 e. The third-order valence-electron chi connectivity index (χ3n) is 3.23. The highest BCUT2D eigenvalue weighted by Gasteiger charge is 2.23. The molecule has 1 saturated carbocycles. The van der Waals surface area contributed by atoms with Crippen molar-refractivity contribution < 1.29 is 4.79 Å². The Balaban J connectivity index is 1.89. The molecule has 1 aliphatic carbocycles. The number of nitrogens with two attached hydrogens (primary N) is 1. The molecule has 1 fully saturated rings. The van der Waals surface area contributed by atoms with Crippen molar-refractivity contribution in [3.8, 4) is 10.6 Å². The molecule has 0 spiro atoms. The zero-order valence-electron chi connectivity index (χ0n) is 11.6. The molecule has 0 aromatic carbocycles. The molecule has 21 heavy (non-hydrogen) atoms. The zero-order chi connectivity index (χ0) is 15.0. The summed E-state index contributed by atoms with van der Waals surface area (Å²) in [5.41, 5.74) is 6.04. The van der Waals surface area contributed by atoms with Gasteiger partial charge in [0.25, 0.3) is 5.56 Å². The molecule has 7 heteroatoms. The van der Waals surface area contributed by atoms with Crippen LogP contribution in [0.3, 0.4) is 0 Å². The number of hydrogen-bond donors (Lipinski definition) is 2. The Hall–Kier alpha value is -2.15. The Morgan fingerprint density at radius 3 is 2.90 bits per heavy atom. The van der Waals surface area contributed by atoms with Crippen LogP contribution in [0.4, 0.5) is 5.69 Å². The molecule has 2 heterocycles. The fourth-order valence-electron chi connectivity index (χ4n) is 2.00. The van der Waals surface area contributed by atoms with Gasteiger partial charge in [-0.25, -0.2) is 4.68 Å². The van der Waals surface area contributed by atoms with Crippen LogP contribution in [0.5, 0.6) is 0 Å². The van der Waals surface area contributed by atoms with Crippen LogP contribution in [-0.4, -0.2) is 21.7 Å². The Morgan fingerprint density at radius 1 is 1.52 bits per heavy atom. The van der Waals surface area contributed by atoms with Gasteiger partial charge in [0.1, 0.15) is 17.9 Å². The summed E-state index contributed by atoms with van der Waals surface area (Å²) in [5, 5.41) is 7.09. The lowest BCUT2D eigenvalue weighted by Crippen LogP contribution is -2.35. The van der Waals surface area contributed by atoms with Gasteiger partial charge >= 0.3 is 0 Å². The van der Waals surface area contributed by atoms with E-state index in [9.17, 15) is 9.59 Å². The lowest BCUT2D eigenvalue weighted by Gasteiger charge is -2.08. The topological polar surface area (TPSA) is 90.0 Å². The molecule has 1 amide bonds. The second kappa shape index (κ2) is 5.33. The monoisotopic (exact) mass is 304 g/mol. The maximum absolute atomic E-state index is 12.0. The van der Waals surface area contributed by atoms with Crippen LogP contribution in [0.15, 0.2) is 23.0 Å². The number of carbonyl (C=O) groups is 1. The molecular formula is C14H16N4O2S. The van der Waals surface area contributed by atoms with Crippen molar-refractivity contribution in [3.05, 3.63) is 33.4 Å². The van der Waals surface area contributed by atoms with Gasteiger partial charge in [0.05, 0.1) is 4.88 Å². The molecule has 0 bridgehead atoms. The predicted octanol–water partition coefficient (Wildman–Crippen LogP) is 1.14. The van der Waals surface area contributed by atoms with Gasteiger partial charge in [0.2, 0.25) is 5.91 Å². The summed E-state index contributed by atoms with van der Waals surface area (Å²) < 4.78 is 1.14. The maximum Gasteiger partial charge on any atom is 0.290 e. The number of nitrogens with one attached hydrogen (secondary N) is 1. The highest BCUT2D eigenvalue weighted by Crippen LogP contribution is 2.26. The number of nitrogen functional groups attached to an aromatic ring is 1. The Kier molecular flexibility index (Phi) is 3.50. The van der Waals surface area contributed by atoms with Gasteiger partial charge in [0.15, 0.2) is 0 Å². The van der Waals surface area contributed by atoms with Gasteiger partial charge in [0, 0.05) is 10.9 Å². The number of amides is 1. The summed E-state index contributed by atoms with van der Waals surface area (Å²) in [6.07, 6.45) is 2.01. The molecule has 2 aromatic rings. The van der Waals surface area contributed by atoms with E-state index in [0.29, 0.717) is 5.69 Å². The highest BCUT2D eigenvalue weighted by atomic mass is 32.1. The molecule has 2 aromatic heterocycles. The summed E-state index contributed by atoms with van der Waals surface area (Å²) in [6, 6.07) is 5.73. The maximum atomic E-state index is 12.0. The predicted molar refractivity (Wildman–Crippen MR) is 82.1 cm³/mol. The number of carbonyl (C=O) groups excluding carboxylic acids is 1. The molecule has 0 saturated heterocycles. The minimum atomic E-state index is -0.432. The Bertz CT molecular complexity index is 746. The number of rotatable bonds is 4. The van der Waals surface area contributed by atoms with E-state index in [0.717, 1.165) is 27.3 Å². The summed E-state index contributed by atoms with van der Waals surface area (Å²) in [7, 11) is 0. The van der Waals surface area contributed by atoms with Gasteiger partial charge in [-0.2, -0.15) is 5.10 Å². The molecule has 0 atom stereocenters. The quantitative estimate of drug-likeness (QED) is 0.886. The lowest BCUT2D eigenvalue weighted by atomic mass is 10.3. The van der Waals surface area contributed by atoms with Crippen LogP contribution in [0.25, 0.3) is 10.6 Å². The largest absolute Gasteiger partial charge is 0.394 e.